The van der Waals surface area contributed by atoms with Gasteiger partial charge in [0.2, 0.25) is 0 Å². The van der Waals surface area contributed by atoms with Gasteiger partial charge < -0.3 is 15.2 Å². The van der Waals surface area contributed by atoms with E-state index in [1.807, 2.05) is 0 Å². The van der Waals surface area contributed by atoms with Gasteiger partial charge in [-0.15, -0.1) is 0 Å². The van der Waals surface area contributed by atoms with E-state index < -0.39 is 10.9 Å². The lowest BCUT2D eigenvalue weighted by molar-refractivity contribution is -0.392. The number of nitrogens with zero attached hydrogens (tertiary/aromatic N) is 3. The molecular formula is C7H9N3O4. The molecule has 0 atom stereocenters. The van der Waals surface area contributed by atoms with Gasteiger partial charge in [0.15, 0.2) is 6.33 Å². The second kappa shape index (κ2) is 3.86. The van der Waals surface area contributed by atoms with Crippen LogP contribution in [0.2, 0.25) is 0 Å². The van der Waals surface area contributed by atoms with E-state index in [9.17, 15) is 14.9 Å². The van der Waals surface area contributed by atoms with Crippen LogP contribution in [-0.2, 0) is 18.3 Å². The van der Waals surface area contributed by atoms with Crippen molar-refractivity contribution in [1.29, 1.82) is 0 Å². The number of rotatable bonds is 4. The summed E-state index contributed by atoms with van der Waals surface area (Å²) in [5, 5.41) is 19.0. The van der Waals surface area contributed by atoms with Gasteiger partial charge in [0.25, 0.3) is 0 Å². The number of hydrogen-bond donors (Lipinski definition) is 1. The van der Waals surface area contributed by atoms with Crippen LogP contribution in [-0.4, -0.2) is 25.6 Å². The van der Waals surface area contributed by atoms with Gasteiger partial charge in [0.1, 0.15) is 5.69 Å². The van der Waals surface area contributed by atoms with Gasteiger partial charge in [-0.3, -0.25) is 4.79 Å². The fraction of sp³-hybridized carbons (Fsp3) is 0.429. The Kier molecular flexibility index (Phi) is 2.80. The molecule has 0 unspecified atom stereocenters. The molecule has 1 N–H and O–H groups in total. The topological polar surface area (TPSA) is 98.3 Å². The van der Waals surface area contributed by atoms with Gasteiger partial charge in [-0.2, -0.15) is 0 Å². The molecule has 0 radical (unpaired) electrons. The third-order valence-corrected chi connectivity index (χ3v) is 1.73. The third-order valence-electron chi connectivity index (χ3n) is 1.73. The maximum Gasteiger partial charge on any atom is 0.345 e. The van der Waals surface area contributed by atoms with E-state index in [0.717, 1.165) is 0 Å². The summed E-state index contributed by atoms with van der Waals surface area (Å²) in [5.41, 5.74) is 0.208. The standard InChI is InChI=1S/C7H9N3O4/c1-9-4-8-5(2-3-6(11)12)7(9)10(13)14/h4H,2-3H2,1H3,(H,11,12). The molecule has 0 aromatic carbocycles. The van der Waals surface area contributed by atoms with Crippen LogP contribution in [0.5, 0.6) is 0 Å². The van der Waals surface area contributed by atoms with Gasteiger partial charge in [0.05, 0.1) is 13.5 Å². The summed E-state index contributed by atoms with van der Waals surface area (Å²) in [6, 6.07) is 0. The molecule has 0 saturated carbocycles. The van der Waals surface area contributed by atoms with Gasteiger partial charge in [-0.25, -0.2) is 9.55 Å². The zero-order valence-electron chi connectivity index (χ0n) is 7.51. The highest BCUT2D eigenvalue weighted by atomic mass is 16.6. The first-order chi connectivity index (χ1) is 6.52. The lowest BCUT2D eigenvalue weighted by Gasteiger charge is -1.96. The lowest BCUT2D eigenvalue weighted by atomic mass is 10.2. The number of aliphatic carboxylic acids is 1. The van der Waals surface area contributed by atoms with Crippen LogP contribution in [0.3, 0.4) is 0 Å². The quantitative estimate of drug-likeness (QED) is 0.557. The third kappa shape index (κ3) is 2.06. The molecule has 1 aromatic heterocycles. The van der Waals surface area contributed by atoms with Crippen molar-refractivity contribution in [3.8, 4) is 0 Å². The molecule has 0 spiro atoms. The molecule has 7 heteroatoms. The van der Waals surface area contributed by atoms with E-state index in [-0.39, 0.29) is 24.4 Å². The predicted molar refractivity (Wildman–Crippen MR) is 45.8 cm³/mol. The average Bonchev–Trinajstić information content (AvgIpc) is 2.43. The zero-order chi connectivity index (χ0) is 10.7. The van der Waals surface area contributed by atoms with E-state index >= 15 is 0 Å². The Morgan fingerprint density at radius 1 is 1.79 bits per heavy atom. The number of aromatic nitrogens is 2. The van der Waals surface area contributed by atoms with Crippen LogP contribution in [0.1, 0.15) is 12.1 Å². The van der Waals surface area contributed by atoms with Crippen LogP contribution >= 0.6 is 0 Å². The highest BCUT2D eigenvalue weighted by molar-refractivity contribution is 5.67. The molecule has 76 valence electrons. The van der Waals surface area contributed by atoms with Crippen LogP contribution in [0.25, 0.3) is 0 Å². The number of carbonyl (C=O) groups is 1. The fourth-order valence-corrected chi connectivity index (χ4v) is 1.11. The SMILES string of the molecule is Cn1cnc(CCC(=O)O)c1[N+](=O)[O-]. The Morgan fingerprint density at radius 2 is 2.43 bits per heavy atom. The summed E-state index contributed by atoms with van der Waals surface area (Å²) in [5.74, 6) is -1.14. The van der Waals surface area contributed by atoms with Crippen LogP contribution in [0.4, 0.5) is 5.82 Å². The van der Waals surface area contributed by atoms with Gasteiger partial charge in [-0.1, -0.05) is 0 Å². The molecule has 1 heterocycles. The molecular weight excluding hydrogens is 190 g/mol. The minimum absolute atomic E-state index is 0.0759. The first-order valence-corrected chi connectivity index (χ1v) is 3.88. The summed E-state index contributed by atoms with van der Waals surface area (Å²) >= 11 is 0. The van der Waals surface area contributed by atoms with Crippen LogP contribution < -0.4 is 0 Å². The average molecular weight is 199 g/mol. The zero-order valence-corrected chi connectivity index (χ0v) is 7.51. The minimum atomic E-state index is -0.995. The number of carboxylic acid groups (broad SMARTS) is 1. The Balaban J connectivity index is 2.86. The van der Waals surface area contributed by atoms with Crippen molar-refractivity contribution in [2.24, 2.45) is 7.05 Å². The molecule has 0 fully saturated rings. The second-order valence-corrected chi connectivity index (χ2v) is 2.78. The Hall–Kier alpha value is -1.92. The monoisotopic (exact) mass is 199 g/mol. The number of imidazole rings is 1. The summed E-state index contributed by atoms with van der Waals surface area (Å²) in [4.78, 5) is 24.0. The Labute approximate surface area is 79.1 Å². The summed E-state index contributed by atoms with van der Waals surface area (Å²) in [6.45, 7) is 0. The van der Waals surface area contributed by atoms with Crippen LogP contribution in [0, 0.1) is 10.1 Å². The Bertz CT molecular complexity index is 371. The normalized spacial score (nSPS) is 10.1. The maximum atomic E-state index is 10.5. The van der Waals surface area contributed by atoms with Gasteiger partial charge >= 0.3 is 11.8 Å². The molecule has 0 aliphatic rings. The Morgan fingerprint density at radius 3 is 2.93 bits per heavy atom. The van der Waals surface area contributed by atoms with E-state index in [1.165, 1.54) is 17.9 Å². The first kappa shape index (κ1) is 10.2. The predicted octanol–water partition coefficient (Wildman–Crippen LogP) is 0.346. The molecule has 0 bridgehead atoms. The smallest absolute Gasteiger partial charge is 0.345 e. The number of hydrogen-bond acceptors (Lipinski definition) is 4. The van der Waals surface area contributed by atoms with Gasteiger partial charge in [0, 0.05) is 6.42 Å². The van der Waals surface area contributed by atoms with E-state index in [1.54, 1.807) is 0 Å². The van der Waals surface area contributed by atoms with Crippen molar-refractivity contribution >= 4 is 11.8 Å². The summed E-state index contributed by atoms with van der Waals surface area (Å²) in [6.07, 6.45) is 1.22. The molecule has 0 amide bonds. The van der Waals surface area contributed by atoms with E-state index in [4.69, 9.17) is 5.11 Å². The molecule has 1 aromatic rings. The van der Waals surface area contributed by atoms with Crippen molar-refractivity contribution in [3.05, 3.63) is 22.1 Å². The van der Waals surface area contributed by atoms with Crippen molar-refractivity contribution in [2.75, 3.05) is 0 Å². The maximum absolute atomic E-state index is 10.5. The van der Waals surface area contributed by atoms with Crippen molar-refractivity contribution < 1.29 is 14.8 Å². The van der Waals surface area contributed by atoms with Crippen molar-refractivity contribution in [3.63, 3.8) is 0 Å². The fourth-order valence-electron chi connectivity index (χ4n) is 1.11. The first-order valence-electron chi connectivity index (χ1n) is 3.88. The highest BCUT2D eigenvalue weighted by Crippen LogP contribution is 2.16. The lowest BCUT2D eigenvalue weighted by Crippen LogP contribution is -2.02. The van der Waals surface area contributed by atoms with Crippen molar-refractivity contribution in [1.82, 2.24) is 9.55 Å². The number of carboxylic acids is 1. The van der Waals surface area contributed by atoms with Gasteiger partial charge in [-0.05, 0) is 4.92 Å². The molecule has 7 nitrogen and oxygen atoms in total. The largest absolute Gasteiger partial charge is 0.481 e. The van der Waals surface area contributed by atoms with E-state index in [2.05, 4.69) is 4.98 Å². The van der Waals surface area contributed by atoms with Crippen molar-refractivity contribution in [2.45, 2.75) is 12.8 Å². The molecule has 14 heavy (non-hydrogen) atoms. The highest BCUT2D eigenvalue weighted by Gasteiger charge is 2.19. The molecule has 0 aliphatic heterocycles. The molecule has 0 aliphatic carbocycles. The summed E-state index contributed by atoms with van der Waals surface area (Å²) < 4.78 is 1.26. The van der Waals surface area contributed by atoms with E-state index in [0.29, 0.717) is 0 Å². The summed E-state index contributed by atoms with van der Waals surface area (Å²) in [7, 11) is 1.50. The molecule has 1 rings (SSSR count). The molecule has 0 saturated heterocycles. The minimum Gasteiger partial charge on any atom is -0.481 e. The second-order valence-electron chi connectivity index (χ2n) is 2.78. The number of aryl methyl sites for hydroxylation is 2. The number of nitro groups is 1. The van der Waals surface area contributed by atoms with Crippen LogP contribution in [0.15, 0.2) is 6.33 Å².